The summed E-state index contributed by atoms with van der Waals surface area (Å²) >= 11 is 0. The van der Waals surface area contributed by atoms with Gasteiger partial charge in [-0.15, -0.1) is 0 Å². The van der Waals surface area contributed by atoms with Crippen LogP contribution in [0.5, 0.6) is 11.6 Å². The Morgan fingerprint density at radius 1 is 1.10 bits per heavy atom. The molecule has 2 rings (SSSR count). The molecule has 0 aliphatic carbocycles. The summed E-state index contributed by atoms with van der Waals surface area (Å²) in [6.45, 7) is 3.96. The van der Waals surface area contributed by atoms with Crippen molar-refractivity contribution >= 4 is 5.78 Å². The van der Waals surface area contributed by atoms with Gasteiger partial charge in [0.05, 0.1) is 19.8 Å². The standard InChI is InChI=1S/C17H19NO3/c1-11-5-7-14(17(21-4)12(11)2)15(19)9-13-6-8-16(20-3)18-10-13/h5-8,10H,9H2,1-4H3. The highest BCUT2D eigenvalue weighted by Gasteiger charge is 2.16. The molecule has 4 heteroatoms. The van der Waals surface area contributed by atoms with Gasteiger partial charge in [-0.05, 0) is 36.6 Å². The summed E-state index contributed by atoms with van der Waals surface area (Å²) in [5, 5.41) is 0. The number of carbonyl (C=O) groups excluding carboxylic acids is 1. The van der Waals surface area contributed by atoms with Crippen LogP contribution in [-0.2, 0) is 6.42 Å². The zero-order valence-electron chi connectivity index (χ0n) is 12.8. The molecule has 0 aliphatic heterocycles. The summed E-state index contributed by atoms with van der Waals surface area (Å²) in [4.78, 5) is 16.6. The molecule has 1 aromatic heterocycles. The smallest absolute Gasteiger partial charge is 0.212 e. The van der Waals surface area contributed by atoms with Crippen LogP contribution >= 0.6 is 0 Å². The molecule has 1 heterocycles. The molecule has 21 heavy (non-hydrogen) atoms. The first-order valence-electron chi connectivity index (χ1n) is 6.73. The molecule has 0 fully saturated rings. The molecule has 1 aromatic carbocycles. The summed E-state index contributed by atoms with van der Waals surface area (Å²) < 4.78 is 10.4. The van der Waals surface area contributed by atoms with Crippen LogP contribution in [0.4, 0.5) is 0 Å². The second-order valence-corrected chi connectivity index (χ2v) is 4.90. The van der Waals surface area contributed by atoms with Crippen molar-refractivity contribution in [2.24, 2.45) is 0 Å². The van der Waals surface area contributed by atoms with Crippen molar-refractivity contribution in [3.63, 3.8) is 0 Å². The normalized spacial score (nSPS) is 10.3. The lowest BCUT2D eigenvalue weighted by Gasteiger charge is -2.12. The maximum Gasteiger partial charge on any atom is 0.212 e. The summed E-state index contributed by atoms with van der Waals surface area (Å²) in [5.74, 6) is 1.21. The van der Waals surface area contributed by atoms with Crippen molar-refractivity contribution in [2.45, 2.75) is 20.3 Å². The molecule has 0 amide bonds. The quantitative estimate of drug-likeness (QED) is 0.792. The predicted molar refractivity (Wildman–Crippen MR) is 81.3 cm³/mol. The number of ether oxygens (including phenoxy) is 2. The summed E-state index contributed by atoms with van der Waals surface area (Å²) in [5.41, 5.74) is 3.56. The highest BCUT2D eigenvalue weighted by atomic mass is 16.5. The van der Waals surface area contributed by atoms with Gasteiger partial charge in [0, 0.05) is 18.7 Å². The average molecular weight is 285 g/mol. The van der Waals surface area contributed by atoms with E-state index in [4.69, 9.17) is 9.47 Å². The summed E-state index contributed by atoms with van der Waals surface area (Å²) in [6, 6.07) is 7.36. The number of pyridine rings is 1. The Bertz CT molecular complexity index is 648. The van der Waals surface area contributed by atoms with E-state index in [1.807, 2.05) is 32.0 Å². The van der Waals surface area contributed by atoms with Gasteiger partial charge in [-0.1, -0.05) is 12.1 Å². The highest BCUT2D eigenvalue weighted by molar-refractivity contribution is 6.00. The van der Waals surface area contributed by atoms with E-state index >= 15 is 0 Å². The van der Waals surface area contributed by atoms with E-state index in [1.165, 1.54) is 0 Å². The second kappa shape index (κ2) is 6.39. The van der Waals surface area contributed by atoms with Crippen LogP contribution in [0.15, 0.2) is 30.5 Å². The Morgan fingerprint density at radius 2 is 1.86 bits per heavy atom. The zero-order chi connectivity index (χ0) is 15.4. The number of nitrogens with zero attached hydrogens (tertiary/aromatic N) is 1. The SMILES string of the molecule is COc1ccc(CC(=O)c2ccc(C)c(C)c2OC)cn1. The minimum atomic E-state index is 0.0157. The largest absolute Gasteiger partial charge is 0.496 e. The van der Waals surface area contributed by atoms with E-state index in [2.05, 4.69) is 4.98 Å². The van der Waals surface area contributed by atoms with E-state index < -0.39 is 0 Å². The van der Waals surface area contributed by atoms with Crippen molar-refractivity contribution in [2.75, 3.05) is 14.2 Å². The molecule has 0 N–H and O–H groups in total. The molecule has 2 aromatic rings. The Hall–Kier alpha value is -2.36. The number of aryl methyl sites for hydroxylation is 1. The lowest BCUT2D eigenvalue weighted by atomic mass is 9.98. The first-order chi connectivity index (χ1) is 10.1. The van der Waals surface area contributed by atoms with Crippen LogP contribution in [0, 0.1) is 13.8 Å². The molecular weight excluding hydrogens is 266 g/mol. The molecule has 4 nitrogen and oxygen atoms in total. The van der Waals surface area contributed by atoms with Crippen LogP contribution in [-0.4, -0.2) is 25.0 Å². The molecule has 0 aliphatic rings. The molecule has 0 spiro atoms. The number of carbonyl (C=O) groups is 1. The summed E-state index contributed by atoms with van der Waals surface area (Å²) in [7, 11) is 3.15. The van der Waals surface area contributed by atoms with Crippen molar-refractivity contribution in [1.82, 2.24) is 4.98 Å². The van der Waals surface area contributed by atoms with Crippen LogP contribution in [0.3, 0.4) is 0 Å². The monoisotopic (exact) mass is 285 g/mol. The van der Waals surface area contributed by atoms with E-state index in [1.54, 1.807) is 26.5 Å². The maximum absolute atomic E-state index is 12.5. The van der Waals surface area contributed by atoms with Crippen molar-refractivity contribution in [3.8, 4) is 11.6 Å². The Balaban J connectivity index is 2.25. The van der Waals surface area contributed by atoms with E-state index in [0.29, 0.717) is 17.2 Å². The molecule has 0 saturated carbocycles. The van der Waals surface area contributed by atoms with Crippen molar-refractivity contribution < 1.29 is 14.3 Å². The minimum Gasteiger partial charge on any atom is -0.496 e. The van der Waals surface area contributed by atoms with Crippen LogP contribution in [0.1, 0.15) is 27.0 Å². The molecule has 0 atom stereocenters. The fraction of sp³-hybridized carbons (Fsp3) is 0.294. The average Bonchev–Trinajstić information content (AvgIpc) is 2.50. The van der Waals surface area contributed by atoms with Gasteiger partial charge in [-0.25, -0.2) is 4.98 Å². The summed E-state index contributed by atoms with van der Waals surface area (Å²) in [6.07, 6.45) is 1.94. The van der Waals surface area contributed by atoms with Crippen LogP contribution < -0.4 is 9.47 Å². The second-order valence-electron chi connectivity index (χ2n) is 4.90. The highest BCUT2D eigenvalue weighted by Crippen LogP contribution is 2.27. The van der Waals surface area contributed by atoms with Crippen LogP contribution in [0.2, 0.25) is 0 Å². The number of methoxy groups -OCH3 is 2. The number of benzene rings is 1. The topological polar surface area (TPSA) is 48.4 Å². The van der Waals surface area contributed by atoms with E-state index in [0.717, 1.165) is 16.7 Å². The number of rotatable bonds is 5. The van der Waals surface area contributed by atoms with Gasteiger partial charge in [0.1, 0.15) is 5.75 Å². The van der Waals surface area contributed by atoms with Gasteiger partial charge in [-0.2, -0.15) is 0 Å². The number of aromatic nitrogens is 1. The number of Topliss-reactive ketones (excluding diaryl/α,β-unsaturated/α-hetero) is 1. The molecule has 0 unspecified atom stereocenters. The van der Waals surface area contributed by atoms with Gasteiger partial charge >= 0.3 is 0 Å². The first kappa shape index (κ1) is 15.0. The Morgan fingerprint density at radius 3 is 2.43 bits per heavy atom. The van der Waals surface area contributed by atoms with E-state index in [9.17, 15) is 4.79 Å². The van der Waals surface area contributed by atoms with Crippen molar-refractivity contribution in [1.29, 1.82) is 0 Å². The van der Waals surface area contributed by atoms with Gasteiger partial charge in [0.15, 0.2) is 5.78 Å². The fourth-order valence-electron chi connectivity index (χ4n) is 2.19. The Labute approximate surface area is 124 Å². The van der Waals surface area contributed by atoms with E-state index in [-0.39, 0.29) is 12.2 Å². The Kier molecular flexibility index (Phi) is 4.58. The lowest BCUT2D eigenvalue weighted by molar-refractivity contribution is 0.0989. The number of hydrogen-bond acceptors (Lipinski definition) is 4. The first-order valence-corrected chi connectivity index (χ1v) is 6.73. The number of hydrogen-bond donors (Lipinski definition) is 0. The third-order valence-corrected chi connectivity index (χ3v) is 3.55. The molecular formula is C17H19NO3. The molecule has 0 radical (unpaired) electrons. The van der Waals surface area contributed by atoms with Crippen molar-refractivity contribution in [3.05, 3.63) is 52.7 Å². The van der Waals surface area contributed by atoms with Gasteiger partial charge in [-0.3, -0.25) is 4.79 Å². The number of ketones is 1. The van der Waals surface area contributed by atoms with Gasteiger partial charge < -0.3 is 9.47 Å². The maximum atomic E-state index is 12.5. The minimum absolute atomic E-state index is 0.0157. The third kappa shape index (κ3) is 3.21. The lowest BCUT2D eigenvalue weighted by Crippen LogP contribution is -2.07. The van der Waals surface area contributed by atoms with Gasteiger partial charge in [0.2, 0.25) is 5.88 Å². The van der Waals surface area contributed by atoms with Crippen LogP contribution in [0.25, 0.3) is 0 Å². The van der Waals surface area contributed by atoms with Gasteiger partial charge in [0.25, 0.3) is 0 Å². The zero-order valence-corrected chi connectivity index (χ0v) is 12.8. The fourth-order valence-corrected chi connectivity index (χ4v) is 2.19. The molecule has 0 saturated heterocycles. The molecule has 0 bridgehead atoms. The molecule has 110 valence electrons. The predicted octanol–water partition coefficient (Wildman–Crippen LogP) is 3.14. The third-order valence-electron chi connectivity index (χ3n) is 3.55.